The van der Waals surface area contributed by atoms with Gasteiger partial charge in [-0.3, -0.25) is 0 Å². The zero-order chi connectivity index (χ0) is 11.1. The molecular weight excluding hydrogens is 198 g/mol. The van der Waals surface area contributed by atoms with E-state index in [9.17, 15) is 10.2 Å². The second-order valence-corrected chi connectivity index (χ2v) is 2.93. The number of nitrogens with zero attached hydrogens (tertiary/aromatic N) is 5. The van der Waals surface area contributed by atoms with E-state index >= 15 is 0 Å². The van der Waals surface area contributed by atoms with Crippen molar-refractivity contribution in [3.8, 4) is 0 Å². The predicted molar refractivity (Wildman–Crippen MR) is 51.6 cm³/mol. The average molecular weight is 209 g/mol. The van der Waals surface area contributed by atoms with E-state index in [4.69, 9.17) is 5.53 Å². The van der Waals surface area contributed by atoms with Crippen LogP contribution in [0.15, 0.2) is 23.8 Å². The molecule has 1 aromatic heterocycles. The Labute approximate surface area is 86.1 Å². The fourth-order valence-electron chi connectivity index (χ4n) is 1.08. The summed E-state index contributed by atoms with van der Waals surface area (Å²) in [6, 6.07) is 0. The second-order valence-electron chi connectivity index (χ2n) is 2.93. The Bertz CT molecular complexity index is 338. The van der Waals surface area contributed by atoms with Gasteiger partial charge >= 0.3 is 0 Å². The lowest BCUT2D eigenvalue weighted by Gasteiger charge is -2.16. The minimum Gasteiger partial charge on any atom is -0.390 e. The van der Waals surface area contributed by atoms with Gasteiger partial charge in [0.05, 0.1) is 6.10 Å². The lowest BCUT2D eigenvalue weighted by Crippen LogP contribution is -2.19. The number of aromatic nitrogens is 2. The Morgan fingerprint density at radius 1 is 1.40 bits per heavy atom. The summed E-state index contributed by atoms with van der Waals surface area (Å²) in [6.45, 7) is 0.141. The zero-order valence-corrected chi connectivity index (χ0v) is 7.93. The quantitative estimate of drug-likeness (QED) is 0.419. The molecule has 2 atom stereocenters. The fraction of sp³-hybridized carbons (Fsp3) is 0.500. The summed E-state index contributed by atoms with van der Waals surface area (Å²) in [5, 5.41) is 22.4. The molecule has 80 valence electrons. The summed E-state index contributed by atoms with van der Waals surface area (Å²) in [6.07, 6.45) is 2.34. The third-order valence-corrected chi connectivity index (χ3v) is 1.87. The maximum Gasteiger partial charge on any atom is 0.115 e. The van der Waals surface area contributed by atoms with Crippen LogP contribution in [0.4, 0.5) is 0 Å². The van der Waals surface area contributed by atoms with Gasteiger partial charge in [0.25, 0.3) is 0 Å². The van der Waals surface area contributed by atoms with Crippen molar-refractivity contribution in [2.75, 3.05) is 6.54 Å². The van der Waals surface area contributed by atoms with Crippen molar-refractivity contribution >= 4 is 0 Å². The molecule has 1 heterocycles. The Hall–Kier alpha value is -1.69. The van der Waals surface area contributed by atoms with Crippen molar-refractivity contribution in [3.05, 3.63) is 34.7 Å². The third kappa shape index (κ3) is 3.51. The number of hydrogen-bond donors (Lipinski definition) is 2. The molecule has 2 N–H and O–H groups in total. The molecule has 0 amide bonds. The highest BCUT2D eigenvalue weighted by Crippen LogP contribution is 2.16. The van der Waals surface area contributed by atoms with Crippen LogP contribution in [0.2, 0.25) is 0 Å². The molecule has 0 saturated carbocycles. The number of rotatable bonds is 5. The van der Waals surface area contributed by atoms with Crippen molar-refractivity contribution in [2.24, 2.45) is 5.11 Å². The van der Waals surface area contributed by atoms with Gasteiger partial charge in [0.1, 0.15) is 12.4 Å². The van der Waals surface area contributed by atoms with Crippen LogP contribution in [-0.4, -0.2) is 32.8 Å². The first-order valence-electron chi connectivity index (χ1n) is 4.37. The van der Waals surface area contributed by atoms with Gasteiger partial charge < -0.3 is 10.2 Å². The molecule has 0 aromatic carbocycles. The molecule has 15 heavy (non-hydrogen) atoms. The van der Waals surface area contributed by atoms with Gasteiger partial charge in [-0.05, 0) is 12.0 Å². The van der Waals surface area contributed by atoms with Crippen LogP contribution in [0.25, 0.3) is 10.4 Å². The summed E-state index contributed by atoms with van der Waals surface area (Å²) >= 11 is 0. The maximum atomic E-state index is 9.62. The first-order valence-corrected chi connectivity index (χ1v) is 4.37. The molecule has 0 radical (unpaired) electrons. The molecule has 0 aliphatic carbocycles. The Morgan fingerprint density at radius 2 is 2.07 bits per heavy atom. The van der Waals surface area contributed by atoms with Gasteiger partial charge in [-0.15, -0.1) is 0 Å². The normalized spacial score (nSPS) is 14.0. The highest BCUT2D eigenvalue weighted by atomic mass is 16.3. The van der Waals surface area contributed by atoms with Gasteiger partial charge in [-0.1, -0.05) is 5.11 Å². The largest absolute Gasteiger partial charge is 0.390 e. The van der Waals surface area contributed by atoms with Gasteiger partial charge in [0.15, 0.2) is 0 Å². The second kappa shape index (κ2) is 5.92. The fourth-order valence-corrected chi connectivity index (χ4v) is 1.08. The van der Waals surface area contributed by atoms with Crippen LogP contribution < -0.4 is 0 Å². The lowest BCUT2D eigenvalue weighted by molar-refractivity contribution is 0.0146. The van der Waals surface area contributed by atoms with Crippen LogP contribution in [0, 0.1) is 0 Å². The van der Waals surface area contributed by atoms with E-state index in [1.807, 2.05) is 0 Å². The lowest BCUT2D eigenvalue weighted by atomic mass is 10.1. The first kappa shape index (κ1) is 11.4. The van der Waals surface area contributed by atoms with E-state index in [2.05, 4.69) is 20.0 Å². The van der Waals surface area contributed by atoms with E-state index in [0.717, 1.165) is 0 Å². The monoisotopic (exact) mass is 209 g/mol. The zero-order valence-electron chi connectivity index (χ0n) is 7.93. The van der Waals surface area contributed by atoms with Crippen LogP contribution in [-0.2, 0) is 0 Å². The summed E-state index contributed by atoms with van der Waals surface area (Å²) in [5.74, 6) is 0. The molecule has 0 aliphatic rings. The highest BCUT2D eigenvalue weighted by molar-refractivity contribution is 5.08. The topological polar surface area (TPSA) is 115 Å². The molecule has 7 heteroatoms. The first-order chi connectivity index (χ1) is 7.25. The van der Waals surface area contributed by atoms with Gasteiger partial charge in [-0.25, -0.2) is 9.97 Å². The molecule has 0 aliphatic heterocycles. The van der Waals surface area contributed by atoms with Gasteiger partial charge in [0.2, 0.25) is 0 Å². The maximum absolute atomic E-state index is 9.62. The smallest absolute Gasteiger partial charge is 0.115 e. The molecule has 0 spiro atoms. The molecule has 7 nitrogen and oxygen atoms in total. The Kier molecular flexibility index (Phi) is 4.49. The predicted octanol–water partition coefficient (Wildman–Crippen LogP) is 0.571. The molecule has 0 fully saturated rings. The van der Waals surface area contributed by atoms with E-state index in [-0.39, 0.29) is 13.0 Å². The van der Waals surface area contributed by atoms with Crippen LogP contribution >= 0.6 is 0 Å². The van der Waals surface area contributed by atoms with E-state index < -0.39 is 12.2 Å². The molecule has 0 bridgehead atoms. The van der Waals surface area contributed by atoms with Gasteiger partial charge in [-0.2, -0.15) is 0 Å². The number of aliphatic hydroxyl groups is 2. The van der Waals surface area contributed by atoms with Crippen LogP contribution in [0.5, 0.6) is 0 Å². The number of azide groups is 1. The van der Waals surface area contributed by atoms with Crippen molar-refractivity contribution < 1.29 is 10.2 Å². The SMILES string of the molecule is [N-]=[N+]=NCCC(O)C(O)c1cncnc1. The average Bonchev–Trinajstić information content (AvgIpc) is 2.29. The summed E-state index contributed by atoms with van der Waals surface area (Å²) < 4.78 is 0. The minimum atomic E-state index is -1.06. The standard InChI is InChI=1S/C8H11N5O2/c9-13-12-2-1-7(14)8(15)6-3-10-5-11-4-6/h3-5,7-8,14-15H,1-2H2. The molecule has 1 aromatic rings. The molecular formula is C8H11N5O2. The van der Waals surface area contributed by atoms with E-state index in [0.29, 0.717) is 5.56 Å². The molecule has 0 saturated heterocycles. The molecule has 1 rings (SSSR count). The number of hydrogen-bond acceptors (Lipinski definition) is 5. The Morgan fingerprint density at radius 3 is 2.67 bits per heavy atom. The van der Waals surface area contributed by atoms with E-state index in [1.54, 1.807) is 0 Å². The van der Waals surface area contributed by atoms with Crippen molar-refractivity contribution in [1.82, 2.24) is 9.97 Å². The van der Waals surface area contributed by atoms with Crippen LogP contribution in [0.3, 0.4) is 0 Å². The minimum absolute atomic E-state index is 0.141. The van der Waals surface area contributed by atoms with Crippen LogP contribution in [0.1, 0.15) is 18.1 Å². The van der Waals surface area contributed by atoms with Crippen molar-refractivity contribution in [1.29, 1.82) is 0 Å². The third-order valence-electron chi connectivity index (χ3n) is 1.87. The summed E-state index contributed by atoms with van der Waals surface area (Å²) in [4.78, 5) is 9.99. The molecule has 2 unspecified atom stereocenters. The van der Waals surface area contributed by atoms with Crippen molar-refractivity contribution in [2.45, 2.75) is 18.6 Å². The van der Waals surface area contributed by atoms with Crippen molar-refractivity contribution in [3.63, 3.8) is 0 Å². The summed E-state index contributed by atoms with van der Waals surface area (Å²) in [7, 11) is 0. The highest BCUT2D eigenvalue weighted by Gasteiger charge is 2.17. The number of aliphatic hydroxyl groups excluding tert-OH is 2. The summed E-state index contributed by atoms with van der Waals surface area (Å²) in [5.41, 5.74) is 8.47. The Balaban J connectivity index is 2.53. The van der Waals surface area contributed by atoms with E-state index in [1.165, 1.54) is 18.7 Å². The van der Waals surface area contributed by atoms with Gasteiger partial charge in [0, 0.05) is 29.4 Å².